The quantitative estimate of drug-likeness (QED) is 0.653. The Morgan fingerprint density at radius 1 is 1.68 bits per heavy atom. The molecule has 2 heterocycles. The molecule has 1 atom stereocenters. The van der Waals surface area contributed by atoms with Crippen molar-refractivity contribution in [2.45, 2.75) is 13.0 Å². The van der Waals surface area contributed by atoms with Gasteiger partial charge in [-0.2, -0.15) is 5.10 Å². The Morgan fingerprint density at radius 3 is 3.00 bits per heavy atom. The molecule has 0 aliphatic carbocycles. The van der Waals surface area contributed by atoms with Gasteiger partial charge >= 0.3 is 0 Å². The van der Waals surface area contributed by atoms with Gasteiger partial charge in [0.2, 0.25) is 0 Å². The predicted octanol–water partition coefficient (Wildman–Crippen LogP) is 1.33. The van der Waals surface area contributed by atoms with Crippen molar-refractivity contribution in [3.63, 3.8) is 0 Å². The van der Waals surface area contributed by atoms with Crippen LogP contribution in [-0.4, -0.2) is 38.5 Å². The van der Waals surface area contributed by atoms with Gasteiger partial charge < -0.3 is 5.73 Å². The Hall–Kier alpha value is -1.70. The van der Waals surface area contributed by atoms with Crippen molar-refractivity contribution in [3.05, 3.63) is 28.6 Å². The molecule has 19 heavy (non-hydrogen) atoms. The number of aromatic nitrogens is 2. The van der Waals surface area contributed by atoms with E-state index in [9.17, 15) is 10.0 Å². The summed E-state index contributed by atoms with van der Waals surface area (Å²) in [6.07, 6.45) is 1.70. The SMILES string of the molecule is CC(CN)N(O)C(=O)c1cc(-c2ccnn2C)cs1. The second-order valence-electron chi connectivity index (χ2n) is 4.27. The van der Waals surface area contributed by atoms with Gasteiger partial charge in [-0.05, 0) is 19.1 Å². The van der Waals surface area contributed by atoms with Crippen LogP contribution in [0.15, 0.2) is 23.7 Å². The number of carbonyl (C=O) groups excluding carboxylic acids is 1. The minimum Gasteiger partial charge on any atom is -0.328 e. The van der Waals surface area contributed by atoms with Crippen molar-refractivity contribution in [1.82, 2.24) is 14.8 Å². The first-order chi connectivity index (χ1) is 9.04. The van der Waals surface area contributed by atoms with Gasteiger partial charge in [0.15, 0.2) is 0 Å². The Labute approximate surface area is 115 Å². The molecule has 0 aliphatic heterocycles. The summed E-state index contributed by atoms with van der Waals surface area (Å²) in [5, 5.41) is 16.4. The maximum atomic E-state index is 12.0. The number of nitrogens with zero attached hydrogens (tertiary/aromatic N) is 3. The highest BCUT2D eigenvalue weighted by Crippen LogP contribution is 2.25. The molecule has 0 bridgehead atoms. The molecular weight excluding hydrogens is 264 g/mol. The highest BCUT2D eigenvalue weighted by atomic mass is 32.1. The van der Waals surface area contributed by atoms with Crippen molar-refractivity contribution in [2.24, 2.45) is 12.8 Å². The number of rotatable bonds is 4. The minimum atomic E-state index is -0.434. The molecule has 2 aromatic rings. The van der Waals surface area contributed by atoms with Gasteiger partial charge in [0.1, 0.15) is 0 Å². The summed E-state index contributed by atoms with van der Waals surface area (Å²) in [5.74, 6) is -0.434. The van der Waals surface area contributed by atoms with Crippen LogP contribution in [0.2, 0.25) is 0 Å². The lowest BCUT2D eigenvalue weighted by Crippen LogP contribution is -2.39. The second-order valence-corrected chi connectivity index (χ2v) is 5.19. The molecule has 0 fully saturated rings. The molecule has 2 aromatic heterocycles. The monoisotopic (exact) mass is 280 g/mol. The molecule has 3 N–H and O–H groups in total. The lowest BCUT2D eigenvalue weighted by Gasteiger charge is -2.20. The zero-order valence-corrected chi connectivity index (χ0v) is 11.6. The fourth-order valence-electron chi connectivity index (χ4n) is 1.65. The molecular formula is C12H16N4O2S. The molecule has 0 saturated heterocycles. The molecule has 0 spiro atoms. The maximum absolute atomic E-state index is 12.0. The van der Waals surface area contributed by atoms with Crippen molar-refractivity contribution >= 4 is 17.2 Å². The van der Waals surface area contributed by atoms with Crippen LogP contribution >= 0.6 is 11.3 Å². The van der Waals surface area contributed by atoms with Gasteiger partial charge in [-0.3, -0.25) is 14.7 Å². The molecule has 0 aromatic carbocycles. The third-order valence-corrected chi connectivity index (χ3v) is 3.81. The third-order valence-electron chi connectivity index (χ3n) is 2.89. The number of carbonyl (C=O) groups is 1. The number of hydroxylamine groups is 2. The molecule has 1 amide bonds. The summed E-state index contributed by atoms with van der Waals surface area (Å²) < 4.78 is 1.73. The third kappa shape index (κ3) is 2.67. The molecule has 102 valence electrons. The Bertz CT molecular complexity index is 578. The summed E-state index contributed by atoms with van der Waals surface area (Å²) in [6, 6.07) is 3.21. The van der Waals surface area contributed by atoms with E-state index in [1.807, 2.05) is 18.5 Å². The van der Waals surface area contributed by atoms with Crippen molar-refractivity contribution in [2.75, 3.05) is 6.54 Å². The topological polar surface area (TPSA) is 84.4 Å². The molecule has 7 heteroatoms. The van der Waals surface area contributed by atoms with E-state index in [1.165, 1.54) is 11.3 Å². The fourth-order valence-corrected chi connectivity index (χ4v) is 2.48. The summed E-state index contributed by atoms with van der Waals surface area (Å²) in [4.78, 5) is 12.5. The highest BCUT2D eigenvalue weighted by molar-refractivity contribution is 7.12. The van der Waals surface area contributed by atoms with Crippen molar-refractivity contribution < 1.29 is 10.0 Å². The standard InChI is InChI=1S/C12H16N4O2S/c1-8(6-13)16(18)12(17)11-5-9(7-19-11)10-3-4-14-15(10)2/h3-5,7-8,18H,6,13H2,1-2H3. The number of thiophene rings is 1. The normalized spacial score (nSPS) is 12.4. The van der Waals surface area contributed by atoms with Crippen LogP contribution in [0.5, 0.6) is 0 Å². The lowest BCUT2D eigenvalue weighted by atomic mass is 10.2. The zero-order chi connectivity index (χ0) is 14.0. The Balaban J connectivity index is 2.22. The van der Waals surface area contributed by atoms with Crippen LogP contribution in [-0.2, 0) is 7.05 Å². The molecule has 1 unspecified atom stereocenters. The molecule has 0 aliphatic rings. The number of aryl methyl sites for hydroxylation is 1. The van der Waals surface area contributed by atoms with Gasteiger partial charge in [0, 0.05) is 30.7 Å². The number of hydrogen-bond donors (Lipinski definition) is 2. The average molecular weight is 280 g/mol. The molecule has 0 saturated carbocycles. The summed E-state index contributed by atoms with van der Waals surface area (Å²) in [6.45, 7) is 1.90. The largest absolute Gasteiger partial charge is 0.328 e. The van der Waals surface area contributed by atoms with Crippen molar-refractivity contribution in [3.8, 4) is 11.3 Å². The van der Waals surface area contributed by atoms with Gasteiger partial charge in [0.25, 0.3) is 5.91 Å². The van der Waals surface area contributed by atoms with Crippen LogP contribution in [0.3, 0.4) is 0 Å². The van der Waals surface area contributed by atoms with E-state index in [4.69, 9.17) is 5.73 Å². The summed E-state index contributed by atoms with van der Waals surface area (Å²) >= 11 is 1.29. The van der Waals surface area contributed by atoms with Crippen LogP contribution < -0.4 is 5.73 Å². The highest BCUT2D eigenvalue weighted by Gasteiger charge is 2.20. The smallest absolute Gasteiger partial charge is 0.287 e. The Morgan fingerprint density at radius 2 is 2.42 bits per heavy atom. The van der Waals surface area contributed by atoms with Gasteiger partial charge in [0.05, 0.1) is 16.6 Å². The zero-order valence-electron chi connectivity index (χ0n) is 10.8. The van der Waals surface area contributed by atoms with E-state index in [0.29, 0.717) is 9.94 Å². The second kappa shape index (κ2) is 5.52. The van der Waals surface area contributed by atoms with Gasteiger partial charge in [-0.25, -0.2) is 5.06 Å². The minimum absolute atomic E-state index is 0.211. The van der Waals surface area contributed by atoms with E-state index in [2.05, 4.69) is 5.10 Å². The van der Waals surface area contributed by atoms with E-state index >= 15 is 0 Å². The fraction of sp³-hybridized carbons (Fsp3) is 0.333. The van der Waals surface area contributed by atoms with E-state index in [1.54, 1.807) is 23.9 Å². The number of hydrogen-bond acceptors (Lipinski definition) is 5. The lowest BCUT2D eigenvalue weighted by molar-refractivity contribution is -0.0812. The van der Waals surface area contributed by atoms with E-state index < -0.39 is 11.9 Å². The average Bonchev–Trinajstić information content (AvgIpc) is 3.04. The van der Waals surface area contributed by atoms with Crippen LogP contribution in [0.4, 0.5) is 0 Å². The first-order valence-electron chi connectivity index (χ1n) is 5.84. The van der Waals surface area contributed by atoms with E-state index in [-0.39, 0.29) is 6.54 Å². The Kier molecular flexibility index (Phi) is 3.98. The predicted molar refractivity (Wildman–Crippen MR) is 73.0 cm³/mol. The van der Waals surface area contributed by atoms with Crippen LogP contribution in [0, 0.1) is 0 Å². The first kappa shape index (κ1) is 13.7. The summed E-state index contributed by atoms with van der Waals surface area (Å²) in [5.41, 5.74) is 7.26. The van der Waals surface area contributed by atoms with Crippen molar-refractivity contribution in [1.29, 1.82) is 0 Å². The maximum Gasteiger partial charge on any atom is 0.287 e. The number of nitrogens with two attached hydrogens (primary N) is 1. The molecule has 6 nitrogen and oxygen atoms in total. The van der Waals surface area contributed by atoms with Gasteiger partial charge in [-0.15, -0.1) is 11.3 Å². The molecule has 2 rings (SSSR count). The molecule has 0 radical (unpaired) electrons. The number of amides is 1. The summed E-state index contributed by atoms with van der Waals surface area (Å²) in [7, 11) is 1.84. The van der Waals surface area contributed by atoms with Gasteiger partial charge in [-0.1, -0.05) is 0 Å². The first-order valence-corrected chi connectivity index (χ1v) is 6.72. The van der Waals surface area contributed by atoms with E-state index in [0.717, 1.165) is 11.3 Å². The van der Waals surface area contributed by atoms with Crippen LogP contribution in [0.1, 0.15) is 16.6 Å². The van der Waals surface area contributed by atoms with Crippen LogP contribution in [0.25, 0.3) is 11.3 Å².